The van der Waals surface area contributed by atoms with Gasteiger partial charge in [-0.3, -0.25) is 0 Å². The summed E-state index contributed by atoms with van der Waals surface area (Å²) in [5, 5.41) is 6.20. The Morgan fingerprint density at radius 2 is 2.40 bits per heavy atom. The molecule has 78 valence electrons. The van der Waals surface area contributed by atoms with Crippen molar-refractivity contribution in [3.05, 3.63) is 35.3 Å². The van der Waals surface area contributed by atoms with E-state index in [-0.39, 0.29) is 17.6 Å². The Morgan fingerprint density at radius 3 is 3.13 bits per heavy atom. The van der Waals surface area contributed by atoms with Crippen LogP contribution < -0.4 is 5.32 Å². The zero-order chi connectivity index (χ0) is 10.7. The molecule has 0 unspecified atom stereocenters. The fraction of sp³-hybridized carbons (Fsp3) is 0.125. The topological polar surface area (TPSA) is 63.8 Å². The first-order valence-electron chi connectivity index (χ1n) is 4.07. The van der Waals surface area contributed by atoms with Crippen molar-refractivity contribution in [2.45, 2.75) is 6.54 Å². The Labute approximate surface area is 89.3 Å². The highest BCUT2D eigenvalue weighted by Crippen LogP contribution is 2.12. The molecule has 5 nitrogen and oxygen atoms in total. The number of halogens is 2. The van der Waals surface area contributed by atoms with Crippen molar-refractivity contribution >= 4 is 17.4 Å². The number of nitrogens with zero attached hydrogens (tertiary/aromatic N) is 3. The van der Waals surface area contributed by atoms with Gasteiger partial charge in [-0.1, -0.05) is 5.16 Å². The minimum atomic E-state index is -0.570. The fourth-order valence-corrected chi connectivity index (χ4v) is 1.11. The molecule has 0 amide bonds. The Kier molecular flexibility index (Phi) is 2.77. The summed E-state index contributed by atoms with van der Waals surface area (Å²) in [6, 6.07) is 1.66. The van der Waals surface area contributed by atoms with E-state index >= 15 is 0 Å². The summed E-state index contributed by atoms with van der Waals surface area (Å²) in [7, 11) is 0. The van der Waals surface area contributed by atoms with Gasteiger partial charge in [0.05, 0.1) is 18.9 Å². The van der Waals surface area contributed by atoms with Gasteiger partial charge >= 0.3 is 0 Å². The van der Waals surface area contributed by atoms with Crippen molar-refractivity contribution in [1.82, 2.24) is 15.1 Å². The molecule has 0 fully saturated rings. The van der Waals surface area contributed by atoms with Crippen LogP contribution in [-0.2, 0) is 6.54 Å². The number of rotatable bonds is 3. The second-order valence-corrected chi connectivity index (χ2v) is 3.01. The summed E-state index contributed by atoms with van der Waals surface area (Å²) >= 11 is 5.51. The van der Waals surface area contributed by atoms with Crippen molar-refractivity contribution in [3.63, 3.8) is 0 Å². The summed E-state index contributed by atoms with van der Waals surface area (Å²) in [5.74, 6) is 0.0365. The van der Waals surface area contributed by atoms with Gasteiger partial charge in [-0.25, -0.2) is 9.37 Å². The molecule has 0 aromatic carbocycles. The summed E-state index contributed by atoms with van der Waals surface area (Å²) in [6.07, 6.45) is 2.50. The monoisotopic (exact) mass is 228 g/mol. The van der Waals surface area contributed by atoms with Crippen molar-refractivity contribution in [3.8, 4) is 0 Å². The lowest BCUT2D eigenvalue weighted by atomic mass is 10.4. The highest BCUT2D eigenvalue weighted by atomic mass is 35.5. The number of aromatic nitrogens is 3. The van der Waals surface area contributed by atoms with Gasteiger partial charge in [0.1, 0.15) is 0 Å². The predicted molar refractivity (Wildman–Crippen MR) is 50.8 cm³/mol. The van der Waals surface area contributed by atoms with E-state index in [9.17, 15) is 4.39 Å². The third-order valence-corrected chi connectivity index (χ3v) is 1.82. The van der Waals surface area contributed by atoms with Crippen LogP contribution in [0.4, 0.5) is 10.2 Å². The molecule has 0 bridgehead atoms. The Hall–Kier alpha value is -1.69. The smallest absolute Gasteiger partial charge is 0.224 e. The van der Waals surface area contributed by atoms with Crippen molar-refractivity contribution in [2.24, 2.45) is 0 Å². The van der Waals surface area contributed by atoms with E-state index in [1.807, 2.05) is 0 Å². The summed E-state index contributed by atoms with van der Waals surface area (Å²) in [5.41, 5.74) is 0. The zero-order valence-electron chi connectivity index (χ0n) is 7.44. The van der Waals surface area contributed by atoms with Crippen LogP contribution in [0.1, 0.15) is 5.76 Å². The molecule has 2 heterocycles. The maximum Gasteiger partial charge on any atom is 0.224 e. The molecule has 0 spiro atoms. The van der Waals surface area contributed by atoms with Gasteiger partial charge in [0.15, 0.2) is 17.4 Å². The molecular formula is C8H6ClFN4O. The summed E-state index contributed by atoms with van der Waals surface area (Å²) in [6.45, 7) is 0.282. The van der Waals surface area contributed by atoms with Gasteiger partial charge in [0, 0.05) is 6.07 Å². The SMILES string of the molecule is Fc1cnc(Cl)nc1NCc1ccno1. The molecule has 7 heteroatoms. The second-order valence-electron chi connectivity index (χ2n) is 2.67. The first-order chi connectivity index (χ1) is 7.25. The van der Waals surface area contributed by atoms with E-state index in [0.29, 0.717) is 5.76 Å². The van der Waals surface area contributed by atoms with E-state index in [1.165, 1.54) is 6.20 Å². The third-order valence-electron chi connectivity index (χ3n) is 1.64. The number of hydrogen-bond acceptors (Lipinski definition) is 5. The van der Waals surface area contributed by atoms with Crippen LogP contribution in [0.3, 0.4) is 0 Å². The molecule has 0 aliphatic rings. The Morgan fingerprint density at radius 1 is 1.53 bits per heavy atom. The van der Waals surface area contributed by atoms with Crippen LogP contribution in [0, 0.1) is 5.82 Å². The van der Waals surface area contributed by atoms with E-state index < -0.39 is 5.82 Å². The van der Waals surface area contributed by atoms with Crippen LogP contribution in [0.25, 0.3) is 0 Å². The van der Waals surface area contributed by atoms with Crippen LogP contribution in [0.5, 0.6) is 0 Å². The standard InChI is InChI=1S/C8H6ClFN4O/c9-8-12-4-6(10)7(14-8)11-3-5-1-2-13-15-5/h1-2,4H,3H2,(H,11,12,14). The van der Waals surface area contributed by atoms with Crippen LogP contribution in [-0.4, -0.2) is 15.1 Å². The number of nitrogens with one attached hydrogen (secondary N) is 1. The Balaban J connectivity index is 2.07. The predicted octanol–water partition coefficient (Wildman–Crippen LogP) is 1.87. The Bertz CT molecular complexity index is 448. The molecule has 15 heavy (non-hydrogen) atoms. The van der Waals surface area contributed by atoms with Gasteiger partial charge in [-0.2, -0.15) is 4.98 Å². The molecule has 0 aliphatic carbocycles. The molecule has 0 saturated carbocycles. The van der Waals surface area contributed by atoms with Gasteiger partial charge in [0.25, 0.3) is 0 Å². The van der Waals surface area contributed by atoms with Crippen LogP contribution in [0.15, 0.2) is 23.0 Å². The molecule has 0 saturated heterocycles. The average Bonchev–Trinajstić information content (AvgIpc) is 2.72. The van der Waals surface area contributed by atoms with Crippen molar-refractivity contribution in [1.29, 1.82) is 0 Å². The van der Waals surface area contributed by atoms with E-state index in [0.717, 1.165) is 6.20 Å². The molecule has 0 atom stereocenters. The summed E-state index contributed by atoms with van der Waals surface area (Å²) < 4.78 is 17.9. The fourth-order valence-electron chi connectivity index (χ4n) is 0.974. The van der Waals surface area contributed by atoms with Crippen molar-refractivity contribution < 1.29 is 8.91 Å². The molecule has 0 aliphatic heterocycles. The first-order valence-corrected chi connectivity index (χ1v) is 4.45. The number of anilines is 1. The second kappa shape index (κ2) is 4.22. The molecular weight excluding hydrogens is 223 g/mol. The molecule has 2 aromatic heterocycles. The highest BCUT2D eigenvalue weighted by Gasteiger charge is 2.06. The lowest BCUT2D eigenvalue weighted by Crippen LogP contribution is -2.03. The minimum Gasteiger partial charge on any atom is -0.360 e. The lowest BCUT2D eigenvalue weighted by molar-refractivity contribution is 0.387. The quantitative estimate of drug-likeness (QED) is 0.813. The maximum absolute atomic E-state index is 13.1. The van der Waals surface area contributed by atoms with Gasteiger partial charge in [0.2, 0.25) is 5.28 Å². The number of hydrogen-bond donors (Lipinski definition) is 1. The van der Waals surface area contributed by atoms with Crippen LogP contribution >= 0.6 is 11.6 Å². The average molecular weight is 229 g/mol. The van der Waals surface area contributed by atoms with E-state index in [4.69, 9.17) is 16.1 Å². The van der Waals surface area contributed by atoms with E-state index in [2.05, 4.69) is 20.4 Å². The minimum absolute atomic E-state index is 0.0172. The third kappa shape index (κ3) is 2.41. The van der Waals surface area contributed by atoms with Gasteiger partial charge in [-0.15, -0.1) is 0 Å². The van der Waals surface area contributed by atoms with E-state index in [1.54, 1.807) is 6.07 Å². The van der Waals surface area contributed by atoms with Crippen LogP contribution in [0.2, 0.25) is 5.28 Å². The largest absolute Gasteiger partial charge is 0.360 e. The molecule has 2 rings (SSSR count). The van der Waals surface area contributed by atoms with Gasteiger partial charge in [-0.05, 0) is 11.6 Å². The maximum atomic E-state index is 13.1. The highest BCUT2D eigenvalue weighted by molar-refractivity contribution is 6.28. The van der Waals surface area contributed by atoms with Gasteiger partial charge < -0.3 is 9.84 Å². The normalized spacial score (nSPS) is 10.3. The molecule has 2 aromatic rings. The first kappa shape index (κ1) is 9.85. The van der Waals surface area contributed by atoms with Crippen molar-refractivity contribution in [2.75, 3.05) is 5.32 Å². The summed E-state index contributed by atoms with van der Waals surface area (Å²) in [4.78, 5) is 7.17. The molecule has 1 N–H and O–H groups in total. The zero-order valence-corrected chi connectivity index (χ0v) is 8.20. The molecule has 0 radical (unpaired) electrons. The lowest BCUT2D eigenvalue weighted by Gasteiger charge is -2.03.